The quantitative estimate of drug-likeness (QED) is 0.928. The SMILES string of the molecule is Cc1sc(-c2ccc(F)c(Cl)c2)nc1CCN. The second-order valence-corrected chi connectivity index (χ2v) is 5.30. The van der Waals surface area contributed by atoms with Crippen LogP contribution in [0.15, 0.2) is 18.2 Å². The molecule has 0 aliphatic rings. The Labute approximate surface area is 108 Å². The Kier molecular flexibility index (Phi) is 3.76. The molecule has 17 heavy (non-hydrogen) atoms. The van der Waals surface area contributed by atoms with E-state index in [4.69, 9.17) is 17.3 Å². The molecule has 0 spiro atoms. The van der Waals surface area contributed by atoms with Crippen LogP contribution >= 0.6 is 22.9 Å². The first-order valence-corrected chi connectivity index (χ1v) is 6.43. The number of nitrogens with two attached hydrogens (primary N) is 1. The first-order chi connectivity index (χ1) is 8.11. The minimum atomic E-state index is -0.411. The molecule has 0 bridgehead atoms. The predicted molar refractivity (Wildman–Crippen MR) is 70.0 cm³/mol. The van der Waals surface area contributed by atoms with Gasteiger partial charge in [-0.3, -0.25) is 0 Å². The number of aromatic nitrogens is 1. The van der Waals surface area contributed by atoms with E-state index in [1.807, 2.05) is 6.92 Å². The van der Waals surface area contributed by atoms with Crippen LogP contribution in [-0.2, 0) is 6.42 Å². The van der Waals surface area contributed by atoms with Crippen LogP contribution in [0.25, 0.3) is 10.6 Å². The van der Waals surface area contributed by atoms with Gasteiger partial charge in [-0.15, -0.1) is 11.3 Å². The van der Waals surface area contributed by atoms with Gasteiger partial charge in [-0.2, -0.15) is 0 Å². The third-order valence-corrected chi connectivity index (χ3v) is 3.79. The van der Waals surface area contributed by atoms with Crippen LogP contribution < -0.4 is 5.73 Å². The minimum absolute atomic E-state index is 0.121. The Balaban J connectivity index is 2.39. The molecule has 0 aliphatic heterocycles. The van der Waals surface area contributed by atoms with Crippen molar-refractivity contribution in [1.29, 1.82) is 0 Å². The largest absolute Gasteiger partial charge is 0.330 e. The zero-order chi connectivity index (χ0) is 12.4. The molecule has 1 aromatic heterocycles. The summed E-state index contributed by atoms with van der Waals surface area (Å²) in [6.45, 7) is 2.59. The minimum Gasteiger partial charge on any atom is -0.330 e. The predicted octanol–water partition coefficient (Wildman–Crippen LogP) is 3.41. The molecule has 2 nitrogen and oxygen atoms in total. The summed E-state index contributed by atoms with van der Waals surface area (Å²) < 4.78 is 13.1. The van der Waals surface area contributed by atoms with Crippen molar-refractivity contribution in [3.63, 3.8) is 0 Å². The lowest BCUT2D eigenvalue weighted by Crippen LogP contribution is -2.03. The molecule has 2 N–H and O–H groups in total. The highest BCUT2D eigenvalue weighted by Gasteiger charge is 2.10. The van der Waals surface area contributed by atoms with E-state index in [0.717, 1.165) is 27.6 Å². The average molecular weight is 271 g/mol. The molecule has 5 heteroatoms. The first-order valence-electron chi connectivity index (χ1n) is 5.23. The normalized spacial score (nSPS) is 10.8. The smallest absolute Gasteiger partial charge is 0.141 e. The van der Waals surface area contributed by atoms with Crippen molar-refractivity contribution < 1.29 is 4.39 Å². The Morgan fingerprint density at radius 3 is 2.88 bits per heavy atom. The van der Waals surface area contributed by atoms with Gasteiger partial charge in [-0.05, 0) is 31.7 Å². The lowest BCUT2D eigenvalue weighted by atomic mass is 10.2. The highest BCUT2D eigenvalue weighted by atomic mass is 35.5. The third kappa shape index (κ3) is 2.65. The summed E-state index contributed by atoms with van der Waals surface area (Å²) in [6, 6.07) is 4.64. The lowest BCUT2D eigenvalue weighted by molar-refractivity contribution is 0.628. The third-order valence-electron chi connectivity index (χ3n) is 2.44. The van der Waals surface area contributed by atoms with Gasteiger partial charge >= 0.3 is 0 Å². The summed E-state index contributed by atoms with van der Waals surface area (Å²) in [7, 11) is 0. The number of thiazole rings is 1. The van der Waals surface area contributed by atoms with Crippen LogP contribution in [-0.4, -0.2) is 11.5 Å². The molecule has 0 fully saturated rings. The van der Waals surface area contributed by atoms with Crippen molar-refractivity contribution in [2.45, 2.75) is 13.3 Å². The van der Waals surface area contributed by atoms with Crippen LogP contribution in [0.3, 0.4) is 0 Å². The van der Waals surface area contributed by atoms with Gasteiger partial charge in [0.1, 0.15) is 10.8 Å². The fourth-order valence-corrected chi connectivity index (χ4v) is 2.69. The molecule has 90 valence electrons. The summed E-state index contributed by atoms with van der Waals surface area (Å²) in [4.78, 5) is 5.64. The molecule has 0 amide bonds. The summed E-state index contributed by atoms with van der Waals surface area (Å²) >= 11 is 7.33. The van der Waals surface area contributed by atoms with Gasteiger partial charge in [0, 0.05) is 16.9 Å². The van der Waals surface area contributed by atoms with Crippen molar-refractivity contribution in [3.05, 3.63) is 39.6 Å². The molecule has 0 saturated heterocycles. The molecule has 1 aromatic carbocycles. The van der Waals surface area contributed by atoms with Crippen molar-refractivity contribution in [2.24, 2.45) is 5.73 Å². The van der Waals surface area contributed by atoms with E-state index in [1.165, 1.54) is 6.07 Å². The molecule has 0 unspecified atom stereocenters. The molecule has 0 atom stereocenters. The fourth-order valence-electron chi connectivity index (χ4n) is 1.55. The molecular weight excluding hydrogens is 259 g/mol. The Morgan fingerprint density at radius 2 is 2.24 bits per heavy atom. The van der Waals surface area contributed by atoms with E-state index in [9.17, 15) is 4.39 Å². The highest BCUT2D eigenvalue weighted by Crippen LogP contribution is 2.30. The topological polar surface area (TPSA) is 38.9 Å². The molecule has 2 aromatic rings. The van der Waals surface area contributed by atoms with E-state index >= 15 is 0 Å². The van der Waals surface area contributed by atoms with Gasteiger partial charge in [-0.25, -0.2) is 9.37 Å². The van der Waals surface area contributed by atoms with Crippen molar-refractivity contribution >= 4 is 22.9 Å². The van der Waals surface area contributed by atoms with Crippen molar-refractivity contribution in [3.8, 4) is 10.6 Å². The maximum atomic E-state index is 13.1. The van der Waals surface area contributed by atoms with Gasteiger partial charge in [0.25, 0.3) is 0 Å². The molecular formula is C12H12ClFN2S. The number of rotatable bonds is 3. The van der Waals surface area contributed by atoms with Crippen LogP contribution in [0.1, 0.15) is 10.6 Å². The van der Waals surface area contributed by atoms with Gasteiger partial charge in [0.2, 0.25) is 0 Å². The van der Waals surface area contributed by atoms with E-state index in [-0.39, 0.29) is 5.02 Å². The van der Waals surface area contributed by atoms with Crippen LogP contribution in [0.2, 0.25) is 5.02 Å². The number of hydrogen-bond acceptors (Lipinski definition) is 3. The van der Waals surface area contributed by atoms with Gasteiger partial charge < -0.3 is 5.73 Å². The average Bonchev–Trinajstić information content (AvgIpc) is 2.65. The molecule has 0 aliphatic carbocycles. The summed E-state index contributed by atoms with van der Waals surface area (Å²) in [5.74, 6) is -0.411. The second kappa shape index (κ2) is 5.12. The van der Waals surface area contributed by atoms with E-state index in [0.29, 0.717) is 6.54 Å². The van der Waals surface area contributed by atoms with E-state index < -0.39 is 5.82 Å². The maximum Gasteiger partial charge on any atom is 0.141 e. The lowest BCUT2D eigenvalue weighted by Gasteiger charge is -1.98. The highest BCUT2D eigenvalue weighted by molar-refractivity contribution is 7.15. The molecule has 0 saturated carbocycles. The Morgan fingerprint density at radius 1 is 1.47 bits per heavy atom. The number of benzene rings is 1. The van der Waals surface area contributed by atoms with E-state index in [1.54, 1.807) is 23.5 Å². The van der Waals surface area contributed by atoms with E-state index in [2.05, 4.69) is 4.98 Å². The molecule has 0 radical (unpaired) electrons. The van der Waals surface area contributed by atoms with Crippen LogP contribution in [0, 0.1) is 12.7 Å². The van der Waals surface area contributed by atoms with Crippen LogP contribution in [0.5, 0.6) is 0 Å². The maximum absolute atomic E-state index is 13.1. The zero-order valence-corrected chi connectivity index (χ0v) is 10.9. The Bertz CT molecular complexity index is 539. The van der Waals surface area contributed by atoms with Gasteiger partial charge in [0.15, 0.2) is 0 Å². The standard InChI is InChI=1S/C12H12ClFN2S/c1-7-11(4-5-15)16-12(17-7)8-2-3-10(14)9(13)6-8/h2-3,6H,4-5,15H2,1H3. The summed E-state index contributed by atoms with van der Waals surface area (Å²) in [5.41, 5.74) is 7.36. The number of aryl methyl sites for hydroxylation is 1. The monoisotopic (exact) mass is 270 g/mol. The Hall–Kier alpha value is -0.970. The second-order valence-electron chi connectivity index (χ2n) is 3.69. The van der Waals surface area contributed by atoms with Gasteiger partial charge in [0.05, 0.1) is 10.7 Å². The summed E-state index contributed by atoms with van der Waals surface area (Å²) in [6.07, 6.45) is 0.761. The number of hydrogen-bond donors (Lipinski definition) is 1. The first kappa shape index (κ1) is 12.5. The summed E-state index contributed by atoms with van der Waals surface area (Å²) in [5, 5.41) is 0.976. The fraction of sp³-hybridized carbons (Fsp3) is 0.250. The molecule has 1 heterocycles. The number of nitrogens with zero attached hydrogens (tertiary/aromatic N) is 1. The zero-order valence-electron chi connectivity index (χ0n) is 9.34. The number of halogens is 2. The van der Waals surface area contributed by atoms with Crippen molar-refractivity contribution in [1.82, 2.24) is 4.98 Å². The molecule has 2 rings (SSSR count). The van der Waals surface area contributed by atoms with Crippen molar-refractivity contribution in [2.75, 3.05) is 6.54 Å². The van der Waals surface area contributed by atoms with Crippen LogP contribution in [0.4, 0.5) is 4.39 Å². The van der Waals surface area contributed by atoms with Gasteiger partial charge in [-0.1, -0.05) is 11.6 Å².